The Balaban J connectivity index is 2.24. The average Bonchev–Trinajstić information content (AvgIpc) is 3.16. The van der Waals surface area contributed by atoms with Crippen LogP contribution in [0.3, 0.4) is 0 Å². The van der Waals surface area contributed by atoms with E-state index in [-0.39, 0.29) is 11.3 Å². The molecular weight excluding hydrogens is 258 g/mol. The molecule has 0 radical (unpaired) electrons. The quantitative estimate of drug-likeness (QED) is 0.750. The number of benzene rings is 1. The van der Waals surface area contributed by atoms with Gasteiger partial charge in [0.05, 0.1) is 5.41 Å². The number of carbonyl (C=O) groups is 1. The third kappa shape index (κ3) is 2.84. The predicted molar refractivity (Wildman–Crippen MR) is 79.4 cm³/mol. The van der Waals surface area contributed by atoms with Crippen molar-refractivity contribution in [2.45, 2.75) is 32.1 Å². The van der Waals surface area contributed by atoms with Crippen molar-refractivity contribution in [3.05, 3.63) is 47.0 Å². The summed E-state index contributed by atoms with van der Waals surface area (Å²) < 4.78 is 0. The third-order valence-corrected chi connectivity index (χ3v) is 3.90. The van der Waals surface area contributed by atoms with Gasteiger partial charge < -0.3 is 4.90 Å². The zero-order chi connectivity index (χ0) is 14.0. The number of carbonyl (C=O) groups excluding carboxylic acids is 1. The van der Waals surface area contributed by atoms with Crippen LogP contribution in [-0.4, -0.2) is 23.9 Å². The first-order valence-electron chi connectivity index (χ1n) is 6.69. The van der Waals surface area contributed by atoms with Crippen LogP contribution >= 0.6 is 11.6 Å². The minimum absolute atomic E-state index is 0.209. The van der Waals surface area contributed by atoms with Crippen molar-refractivity contribution in [3.63, 3.8) is 0 Å². The molecule has 0 saturated heterocycles. The molecule has 0 heterocycles. The van der Waals surface area contributed by atoms with E-state index in [4.69, 9.17) is 11.6 Å². The van der Waals surface area contributed by atoms with Gasteiger partial charge in [0.1, 0.15) is 0 Å². The molecule has 0 spiro atoms. The van der Waals surface area contributed by atoms with Crippen LogP contribution in [0.5, 0.6) is 0 Å². The van der Waals surface area contributed by atoms with Gasteiger partial charge in [0.25, 0.3) is 0 Å². The SMILES string of the molecule is C=C(C)CN(CC)C(=O)C1(c2cccc(Cl)c2)CC1. The van der Waals surface area contributed by atoms with Gasteiger partial charge in [-0.15, -0.1) is 0 Å². The van der Waals surface area contributed by atoms with Crippen molar-refractivity contribution < 1.29 is 4.79 Å². The van der Waals surface area contributed by atoms with Crippen molar-refractivity contribution in [2.75, 3.05) is 13.1 Å². The van der Waals surface area contributed by atoms with Gasteiger partial charge in [-0.2, -0.15) is 0 Å². The Morgan fingerprint density at radius 1 is 1.47 bits per heavy atom. The number of likely N-dealkylation sites (N-methyl/N-ethyl adjacent to an activating group) is 1. The topological polar surface area (TPSA) is 20.3 Å². The minimum Gasteiger partial charge on any atom is -0.338 e. The minimum atomic E-state index is -0.337. The normalized spacial score (nSPS) is 15.9. The first-order valence-corrected chi connectivity index (χ1v) is 7.07. The van der Waals surface area contributed by atoms with E-state index in [0.717, 1.165) is 24.0 Å². The second-order valence-corrected chi connectivity index (χ2v) is 5.81. The molecule has 3 heteroatoms. The molecule has 0 unspecified atom stereocenters. The number of amides is 1. The van der Waals surface area contributed by atoms with Gasteiger partial charge in [0.15, 0.2) is 0 Å². The molecule has 0 aromatic heterocycles. The van der Waals surface area contributed by atoms with E-state index < -0.39 is 0 Å². The largest absolute Gasteiger partial charge is 0.338 e. The Morgan fingerprint density at radius 2 is 2.16 bits per heavy atom. The van der Waals surface area contributed by atoms with Gasteiger partial charge in [0.2, 0.25) is 5.91 Å². The van der Waals surface area contributed by atoms with Crippen molar-refractivity contribution in [1.29, 1.82) is 0 Å². The molecule has 102 valence electrons. The molecule has 0 bridgehead atoms. The van der Waals surface area contributed by atoms with E-state index in [1.807, 2.05) is 43.0 Å². The lowest BCUT2D eigenvalue weighted by Gasteiger charge is -2.26. The van der Waals surface area contributed by atoms with Crippen molar-refractivity contribution in [3.8, 4) is 0 Å². The number of rotatable bonds is 5. The van der Waals surface area contributed by atoms with Gasteiger partial charge in [0, 0.05) is 18.1 Å². The molecule has 0 atom stereocenters. The Labute approximate surface area is 120 Å². The second-order valence-electron chi connectivity index (χ2n) is 5.37. The third-order valence-electron chi connectivity index (χ3n) is 3.67. The fourth-order valence-corrected chi connectivity index (χ4v) is 2.68. The lowest BCUT2D eigenvalue weighted by molar-refractivity contribution is -0.133. The predicted octanol–water partition coefficient (Wildman–Crippen LogP) is 3.80. The summed E-state index contributed by atoms with van der Waals surface area (Å²) in [6.07, 6.45) is 1.83. The highest BCUT2D eigenvalue weighted by atomic mass is 35.5. The maximum atomic E-state index is 12.7. The summed E-state index contributed by atoms with van der Waals surface area (Å²) in [5.74, 6) is 0.209. The zero-order valence-corrected chi connectivity index (χ0v) is 12.3. The molecule has 1 aromatic rings. The summed E-state index contributed by atoms with van der Waals surface area (Å²) in [5.41, 5.74) is 1.72. The van der Waals surface area contributed by atoms with E-state index in [2.05, 4.69) is 6.58 Å². The van der Waals surface area contributed by atoms with Crippen molar-refractivity contribution >= 4 is 17.5 Å². The summed E-state index contributed by atoms with van der Waals surface area (Å²) in [7, 11) is 0. The highest BCUT2D eigenvalue weighted by Gasteiger charge is 2.52. The van der Waals surface area contributed by atoms with Crippen LogP contribution in [0.25, 0.3) is 0 Å². The molecule has 0 N–H and O–H groups in total. The maximum absolute atomic E-state index is 12.7. The van der Waals surface area contributed by atoms with Crippen molar-refractivity contribution in [1.82, 2.24) is 4.90 Å². The monoisotopic (exact) mass is 277 g/mol. The van der Waals surface area contributed by atoms with E-state index in [1.54, 1.807) is 0 Å². The summed E-state index contributed by atoms with van der Waals surface area (Å²) in [4.78, 5) is 14.6. The molecule has 1 fully saturated rings. The summed E-state index contributed by atoms with van der Waals surface area (Å²) in [6.45, 7) is 9.21. The number of nitrogens with zero attached hydrogens (tertiary/aromatic N) is 1. The first kappa shape index (κ1) is 14.1. The summed E-state index contributed by atoms with van der Waals surface area (Å²) in [5, 5.41) is 0.694. The molecule has 19 heavy (non-hydrogen) atoms. The van der Waals surface area contributed by atoms with E-state index in [0.29, 0.717) is 18.1 Å². The standard InChI is InChI=1S/C16H20ClNO/c1-4-18(11-12(2)3)15(19)16(8-9-16)13-6-5-7-14(17)10-13/h5-7,10H,2,4,8-9,11H2,1,3H3. The molecule has 0 aliphatic heterocycles. The number of hydrogen-bond acceptors (Lipinski definition) is 1. The molecule has 1 aliphatic carbocycles. The lowest BCUT2D eigenvalue weighted by Crippen LogP contribution is -2.40. The highest BCUT2D eigenvalue weighted by molar-refractivity contribution is 6.30. The Bertz CT molecular complexity index is 505. The van der Waals surface area contributed by atoms with Crippen LogP contribution in [0.1, 0.15) is 32.3 Å². The number of halogens is 1. The summed E-state index contributed by atoms with van der Waals surface area (Å²) in [6, 6.07) is 7.68. The van der Waals surface area contributed by atoms with E-state index in [1.165, 1.54) is 0 Å². The molecule has 1 aliphatic rings. The van der Waals surface area contributed by atoms with Crippen LogP contribution in [0, 0.1) is 0 Å². The fraction of sp³-hybridized carbons (Fsp3) is 0.438. The maximum Gasteiger partial charge on any atom is 0.233 e. The van der Waals surface area contributed by atoms with Crippen LogP contribution in [0.4, 0.5) is 0 Å². The van der Waals surface area contributed by atoms with E-state index >= 15 is 0 Å². The Morgan fingerprint density at radius 3 is 2.63 bits per heavy atom. The molecule has 1 amide bonds. The van der Waals surface area contributed by atoms with Crippen LogP contribution < -0.4 is 0 Å². The Hall–Kier alpha value is -1.28. The van der Waals surface area contributed by atoms with Gasteiger partial charge in [-0.05, 0) is 44.4 Å². The molecular formula is C16H20ClNO. The van der Waals surface area contributed by atoms with Gasteiger partial charge in [-0.3, -0.25) is 4.79 Å². The first-order chi connectivity index (χ1) is 8.99. The highest BCUT2D eigenvalue weighted by Crippen LogP contribution is 2.50. The summed E-state index contributed by atoms with van der Waals surface area (Å²) >= 11 is 6.04. The van der Waals surface area contributed by atoms with Crippen LogP contribution in [-0.2, 0) is 10.2 Å². The zero-order valence-electron chi connectivity index (χ0n) is 11.6. The van der Waals surface area contributed by atoms with Crippen LogP contribution in [0.15, 0.2) is 36.4 Å². The van der Waals surface area contributed by atoms with Crippen LogP contribution in [0.2, 0.25) is 5.02 Å². The van der Waals surface area contributed by atoms with Gasteiger partial charge in [-0.1, -0.05) is 35.9 Å². The smallest absolute Gasteiger partial charge is 0.233 e. The van der Waals surface area contributed by atoms with E-state index in [9.17, 15) is 4.79 Å². The molecule has 2 nitrogen and oxygen atoms in total. The number of hydrogen-bond donors (Lipinski definition) is 0. The molecule has 1 saturated carbocycles. The lowest BCUT2D eigenvalue weighted by atomic mass is 9.94. The molecule has 2 rings (SSSR count). The molecule has 1 aromatic carbocycles. The Kier molecular flexibility index (Phi) is 4.00. The fourth-order valence-electron chi connectivity index (χ4n) is 2.49. The second kappa shape index (κ2) is 5.38. The van der Waals surface area contributed by atoms with Crippen molar-refractivity contribution in [2.24, 2.45) is 0 Å². The average molecular weight is 278 g/mol. The van der Waals surface area contributed by atoms with Gasteiger partial charge >= 0.3 is 0 Å². The van der Waals surface area contributed by atoms with Gasteiger partial charge in [-0.25, -0.2) is 0 Å².